The third-order valence-electron chi connectivity index (χ3n) is 7.66. The molecule has 7 rings (SSSR count). The monoisotopic (exact) mass is 546 g/mol. The van der Waals surface area contributed by atoms with Crippen LogP contribution in [0.25, 0.3) is 55.7 Å². The number of pyridine rings is 3. The van der Waals surface area contributed by atoms with E-state index in [-0.39, 0.29) is 11.7 Å². The molecule has 1 aliphatic heterocycles. The fourth-order valence-electron chi connectivity index (χ4n) is 5.57. The zero-order valence-corrected chi connectivity index (χ0v) is 22.1. The Labute approximate surface area is 234 Å². The number of aromatic amines is 2. The van der Waals surface area contributed by atoms with Gasteiger partial charge in [-0.25, -0.2) is 14.4 Å². The molecule has 10 heteroatoms. The molecule has 204 valence electrons. The second kappa shape index (κ2) is 10.5. The van der Waals surface area contributed by atoms with Gasteiger partial charge >= 0.3 is 0 Å². The number of benzene rings is 1. The van der Waals surface area contributed by atoms with E-state index in [0.717, 1.165) is 64.8 Å². The molecule has 0 spiro atoms. The van der Waals surface area contributed by atoms with Crippen molar-refractivity contribution in [1.82, 2.24) is 35.5 Å². The molecular weight excluding hydrogens is 519 g/mol. The zero-order valence-electron chi connectivity index (χ0n) is 22.1. The first-order valence-corrected chi connectivity index (χ1v) is 13.7. The maximum absolute atomic E-state index is 14.6. The molecule has 5 aromatic heterocycles. The molecular formula is C31H27FN8O. The van der Waals surface area contributed by atoms with Gasteiger partial charge in [-0.2, -0.15) is 5.10 Å². The summed E-state index contributed by atoms with van der Waals surface area (Å²) in [4.78, 5) is 29.4. The van der Waals surface area contributed by atoms with E-state index >= 15 is 0 Å². The summed E-state index contributed by atoms with van der Waals surface area (Å²) in [5, 5.41) is 15.4. The highest BCUT2D eigenvalue weighted by Gasteiger charge is 2.18. The number of H-pyrrole nitrogens is 2. The maximum Gasteiger partial charge on any atom is 0.224 e. The minimum Gasteiger partial charge on any atom is -0.338 e. The van der Waals surface area contributed by atoms with E-state index in [1.165, 1.54) is 6.07 Å². The van der Waals surface area contributed by atoms with E-state index in [1.807, 2.05) is 30.3 Å². The van der Waals surface area contributed by atoms with Gasteiger partial charge in [0.05, 0.1) is 23.3 Å². The number of nitrogens with one attached hydrogen (secondary N) is 4. The Kier molecular flexibility index (Phi) is 6.44. The van der Waals surface area contributed by atoms with Crippen molar-refractivity contribution >= 4 is 33.7 Å². The molecule has 0 bridgehead atoms. The predicted octanol–water partition coefficient (Wildman–Crippen LogP) is 5.70. The van der Waals surface area contributed by atoms with Crippen molar-refractivity contribution in [2.75, 3.05) is 18.4 Å². The minimum absolute atomic E-state index is 0.00345. The molecule has 0 aliphatic carbocycles. The molecule has 1 amide bonds. The normalized spacial score (nSPS) is 14.1. The SMILES string of the molecule is O=C(CC1CCNCC1)Nc1cncc(-c2cnc3n[nH]c(-c4cc5c(-c6ccccc6F)ccnc5[nH]4)c3c2)c1. The van der Waals surface area contributed by atoms with Gasteiger partial charge in [-0.1, -0.05) is 18.2 Å². The number of fused-ring (bicyclic) bond motifs is 2. The molecule has 4 N–H and O–H groups in total. The highest BCUT2D eigenvalue weighted by atomic mass is 19.1. The van der Waals surface area contributed by atoms with E-state index in [9.17, 15) is 9.18 Å². The lowest BCUT2D eigenvalue weighted by Crippen LogP contribution is -2.30. The van der Waals surface area contributed by atoms with Crippen LogP contribution in [0.3, 0.4) is 0 Å². The number of nitrogens with zero attached hydrogens (tertiary/aromatic N) is 4. The van der Waals surface area contributed by atoms with Crippen molar-refractivity contribution in [3.8, 4) is 33.6 Å². The van der Waals surface area contributed by atoms with Crippen molar-refractivity contribution in [1.29, 1.82) is 0 Å². The van der Waals surface area contributed by atoms with Crippen molar-refractivity contribution < 1.29 is 9.18 Å². The lowest BCUT2D eigenvalue weighted by molar-refractivity contribution is -0.117. The summed E-state index contributed by atoms with van der Waals surface area (Å²) in [5.41, 5.74) is 6.28. The van der Waals surface area contributed by atoms with Gasteiger partial charge in [0.25, 0.3) is 0 Å². The van der Waals surface area contributed by atoms with Gasteiger partial charge < -0.3 is 15.6 Å². The Bertz CT molecular complexity index is 1890. The van der Waals surface area contributed by atoms with E-state index in [4.69, 9.17) is 0 Å². The minimum atomic E-state index is -0.290. The molecule has 41 heavy (non-hydrogen) atoms. The Morgan fingerprint density at radius 3 is 2.68 bits per heavy atom. The van der Waals surface area contributed by atoms with Gasteiger partial charge in [0, 0.05) is 52.5 Å². The summed E-state index contributed by atoms with van der Waals surface area (Å²) in [6, 6.07) is 14.4. The van der Waals surface area contributed by atoms with Crippen LogP contribution in [0.2, 0.25) is 0 Å². The molecule has 9 nitrogen and oxygen atoms in total. The van der Waals surface area contributed by atoms with Crippen LogP contribution in [0.1, 0.15) is 19.3 Å². The van der Waals surface area contributed by atoms with Gasteiger partial charge in [-0.3, -0.25) is 14.9 Å². The van der Waals surface area contributed by atoms with Crippen molar-refractivity contribution in [3.05, 3.63) is 79.1 Å². The van der Waals surface area contributed by atoms with Crippen molar-refractivity contribution in [2.45, 2.75) is 19.3 Å². The number of carbonyl (C=O) groups excluding carboxylic acids is 1. The van der Waals surface area contributed by atoms with Gasteiger partial charge in [-0.05, 0) is 67.7 Å². The van der Waals surface area contributed by atoms with E-state index in [2.05, 4.69) is 40.8 Å². The van der Waals surface area contributed by atoms with Crippen LogP contribution in [0, 0.1) is 11.7 Å². The molecule has 1 saturated heterocycles. The number of piperidine rings is 1. The van der Waals surface area contributed by atoms with Crippen LogP contribution in [0.15, 0.2) is 73.3 Å². The van der Waals surface area contributed by atoms with Crippen LogP contribution < -0.4 is 10.6 Å². The molecule has 1 aromatic carbocycles. The summed E-state index contributed by atoms with van der Waals surface area (Å²) in [7, 11) is 0. The number of rotatable bonds is 6. The van der Waals surface area contributed by atoms with Crippen LogP contribution in [-0.4, -0.2) is 49.1 Å². The van der Waals surface area contributed by atoms with Crippen LogP contribution in [-0.2, 0) is 4.79 Å². The van der Waals surface area contributed by atoms with E-state index in [1.54, 1.807) is 36.9 Å². The van der Waals surface area contributed by atoms with Crippen molar-refractivity contribution in [2.24, 2.45) is 5.92 Å². The zero-order chi connectivity index (χ0) is 27.8. The number of anilines is 1. The first-order chi connectivity index (χ1) is 20.1. The molecule has 6 aromatic rings. The van der Waals surface area contributed by atoms with Crippen LogP contribution in [0.5, 0.6) is 0 Å². The van der Waals surface area contributed by atoms with E-state index in [0.29, 0.717) is 34.9 Å². The number of hydrogen-bond acceptors (Lipinski definition) is 6. The molecule has 0 unspecified atom stereocenters. The first kappa shape index (κ1) is 25.0. The third kappa shape index (κ3) is 4.93. The van der Waals surface area contributed by atoms with Crippen LogP contribution >= 0.6 is 0 Å². The quantitative estimate of drug-likeness (QED) is 0.213. The topological polar surface area (TPSA) is 124 Å². The van der Waals surface area contributed by atoms with Gasteiger partial charge in [0.15, 0.2) is 5.65 Å². The molecule has 0 saturated carbocycles. The molecule has 0 radical (unpaired) electrons. The number of aromatic nitrogens is 6. The van der Waals surface area contributed by atoms with Gasteiger partial charge in [0.1, 0.15) is 11.5 Å². The Morgan fingerprint density at radius 1 is 0.951 bits per heavy atom. The average Bonchev–Trinajstić information content (AvgIpc) is 3.62. The standard InChI is InChI=1S/C31H27FN8O/c32-26-4-2-1-3-23(26)22-7-10-35-30-24(22)14-27(38-30)29-25-13-20(16-36-31(25)40-39-29)19-12-21(17-34-15-19)37-28(41)11-18-5-8-33-9-6-18/h1-4,7,10,12-18,33H,5-6,8-9,11H2,(H,35,38)(H,37,41)(H,36,39,40). The largest absolute Gasteiger partial charge is 0.338 e. The number of amides is 1. The molecule has 6 heterocycles. The Morgan fingerprint density at radius 2 is 1.80 bits per heavy atom. The fraction of sp³-hybridized carbons (Fsp3) is 0.194. The Hall–Kier alpha value is -4.96. The predicted molar refractivity (Wildman–Crippen MR) is 156 cm³/mol. The van der Waals surface area contributed by atoms with Gasteiger partial charge in [0.2, 0.25) is 5.91 Å². The fourth-order valence-corrected chi connectivity index (χ4v) is 5.57. The lowest BCUT2D eigenvalue weighted by Gasteiger charge is -2.21. The summed E-state index contributed by atoms with van der Waals surface area (Å²) in [6.45, 7) is 1.92. The second-order valence-corrected chi connectivity index (χ2v) is 10.4. The number of carbonyl (C=O) groups is 1. The van der Waals surface area contributed by atoms with Crippen LogP contribution in [0.4, 0.5) is 10.1 Å². The number of halogens is 1. The second-order valence-electron chi connectivity index (χ2n) is 10.4. The first-order valence-electron chi connectivity index (χ1n) is 13.7. The maximum atomic E-state index is 14.6. The van der Waals surface area contributed by atoms with Gasteiger partial charge in [-0.15, -0.1) is 0 Å². The Balaban J connectivity index is 1.20. The summed E-state index contributed by atoms with van der Waals surface area (Å²) in [6.07, 6.45) is 9.36. The van der Waals surface area contributed by atoms with Crippen molar-refractivity contribution in [3.63, 3.8) is 0 Å². The highest BCUT2D eigenvalue weighted by Crippen LogP contribution is 2.35. The summed E-state index contributed by atoms with van der Waals surface area (Å²) < 4.78 is 14.6. The molecule has 1 aliphatic rings. The molecule has 0 atom stereocenters. The summed E-state index contributed by atoms with van der Waals surface area (Å²) in [5.74, 6) is 0.117. The average molecular weight is 547 g/mol. The smallest absolute Gasteiger partial charge is 0.224 e. The molecule has 1 fully saturated rings. The highest BCUT2D eigenvalue weighted by molar-refractivity contribution is 6.00. The third-order valence-corrected chi connectivity index (χ3v) is 7.66. The van der Waals surface area contributed by atoms with E-state index < -0.39 is 0 Å². The number of hydrogen-bond donors (Lipinski definition) is 4. The lowest BCUT2D eigenvalue weighted by atomic mass is 9.94. The summed E-state index contributed by atoms with van der Waals surface area (Å²) >= 11 is 0.